The molecule has 1 unspecified atom stereocenters. The van der Waals surface area contributed by atoms with E-state index in [1.807, 2.05) is 27.7 Å². The van der Waals surface area contributed by atoms with Crippen LogP contribution in [0, 0.1) is 0 Å². The molecule has 0 saturated carbocycles. The van der Waals surface area contributed by atoms with Crippen molar-refractivity contribution in [1.29, 1.82) is 0 Å². The maximum Gasteiger partial charge on any atom is 0.246 e. The number of nitrogens with two attached hydrogens (primary N) is 1. The van der Waals surface area contributed by atoms with Crippen LogP contribution in [0.4, 0.5) is 0 Å². The van der Waals surface area contributed by atoms with Crippen molar-refractivity contribution >= 4 is 5.91 Å². The van der Waals surface area contributed by atoms with Crippen LogP contribution < -0.4 is 11.1 Å². The van der Waals surface area contributed by atoms with Crippen molar-refractivity contribution < 1.29 is 9.53 Å². The maximum atomic E-state index is 11.3. The van der Waals surface area contributed by atoms with Crippen molar-refractivity contribution in [2.24, 2.45) is 5.73 Å². The minimum absolute atomic E-state index is 0.0757. The van der Waals surface area contributed by atoms with Gasteiger partial charge in [-0.25, -0.2) is 0 Å². The van der Waals surface area contributed by atoms with Crippen LogP contribution in [0.1, 0.15) is 40.5 Å². The van der Waals surface area contributed by atoms with E-state index in [-0.39, 0.29) is 24.2 Å². The van der Waals surface area contributed by atoms with Crippen LogP contribution in [0.3, 0.4) is 0 Å². The molecule has 4 heteroatoms. The molecular formula is C11H24N2O2. The monoisotopic (exact) mass is 216 g/mol. The van der Waals surface area contributed by atoms with E-state index in [1.54, 1.807) is 0 Å². The fourth-order valence-electron chi connectivity index (χ4n) is 0.934. The van der Waals surface area contributed by atoms with Gasteiger partial charge in [0.15, 0.2) is 0 Å². The first-order valence-electron chi connectivity index (χ1n) is 5.51. The zero-order valence-corrected chi connectivity index (χ0v) is 10.3. The average molecular weight is 216 g/mol. The van der Waals surface area contributed by atoms with Gasteiger partial charge in [0, 0.05) is 12.6 Å². The highest BCUT2D eigenvalue weighted by molar-refractivity contribution is 5.77. The van der Waals surface area contributed by atoms with Crippen molar-refractivity contribution in [3.8, 4) is 0 Å². The molecule has 0 saturated heterocycles. The molecule has 90 valence electrons. The number of hydrogen-bond acceptors (Lipinski definition) is 3. The molecule has 0 bridgehead atoms. The number of hydrogen-bond donors (Lipinski definition) is 2. The predicted octanol–water partition coefficient (Wildman–Crippen LogP) is 1.05. The van der Waals surface area contributed by atoms with E-state index in [2.05, 4.69) is 5.32 Å². The Morgan fingerprint density at radius 2 is 2.07 bits per heavy atom. The Labute approximate surface area is 92.6 Å². The lowest BCUT2D eigenvalue weighted by molar-refractivity contribution is -0.130. The van der Waals surface area contributed by atoms with Gasteiger partial charge in [-0.05, 0) is 33.6 Å². The molecule has 0 aromatic heterocycles. The Morgan fingerprint density at radius 3 is 2.53 bits per heavy atom. The largest absolute Gasteiger partial charge is 0.366 e. The summed E-state index contributed by atoms with van der Waals surface area (Å²) >= 11 is 0. The molecule has 0 spiro atoms. The smallest absolute Gasteiger partial charge is 0.246 e. The molecule has 0 rings (SSSR count). The highest BCUT2D eigenvalue weighted by Gasteiger charge is 2.12. The number of carbonyl (C=O) groups is 1. The molecule has 0 aromatic rings. The highest BCUT2D eigenvalue weighted by atomic mass is 16.5. The van der Waals surface area contributed by atoms with Gasteiger partial charge in [0.25, 0.3) is 0 Å². The molecule has 0 aliphatic carbocycles. The molecule has 3 N–H and O–H groups in total. The first-order chi connectivity index (χ1) is 6.85. The van der Waals surface area contributed by atoms with E-state index in [1.165, 1.54) is 0 Å². The summed E-state index contributed by atoms with van der Waals surface area (Å²) in [6.45, 7) is 8.55. The maximum absolute atomic E-state index is 11.3. The van der Waals surface area contributed by atoms with Crippen LogP contribution in [0.15, 0.2) is 0 Å². The summed E-state index contributed by atoms with van der Waals surface area (Å²) in [6, 6.07) is 0.175. The van der Waals surface area contributed by atoms with Crippen molar-refractivity contribution in [3.05, 3.63) is 0 Å². The normalized spacial score (nSPS) is 13.7. The second kappa shape index (κ2) is 6.80. The van der Waals surface area contributed by atoms with Gasteiger partial charge in [-0.1, -0.05) is 6.92 Å². The van der Waals surface area contributed by atoms with Gasteiger partial charge in [0.1, 0.15) is 6.61 Å². The highest BCUT2D eigenvalue weighted by Crippen LogP contribution is 2.05. The van der Waals surface area contributed by atoms with Gasteiger partial charge in [0.2, 0.25) is 5.91 Å². The molecule has 0 aliphatic heterocycles. The number of rotatable bonds is 6. The summed E-state index contributed by atoms with van der Waals surface area (Å²) in [5.41, 5.74) is 5.45. The zero-order chi connectivity index (χ0) is 11.9. The summed E-state index contributed by atoms with van der Waals surface area (Å²) in [5, 5.41) is 2.78. The number of ether oxygens (including phenoxy) is 1. The standard InChI is InChI=1S/C11H24N2O2/c1-5-9(12)6-7-13-10(14)8-15-11(2,3)4/h9H,5-8,12H2,1-4H3,(H,13,14). The summed E-state index contributed by atoms with van der Waals surface area (Å²) in [4.78, 5) is 11.3. The van der Waals surface area contributed by atoms with Gasteiger partial charge in [-0.3, -0.25) is 4.79 Å². The van der Waals surface area contributed by atoms with Crippen LogP contribution in [0.5, 0.6) is 0 Å². The quantitative estimate of drug-likeness (QED) is 0.697. The Morgan fingerprint density at radius 1 is 1.47 bits per heavy atom. The Bertz CT molecular complexity index is 188. The van der Waals surface area contributed by atoms with Gasteiger partial charge in [-0.15, -0.1) is 0 Å². The average Bonchev–Trinajstić information content (AvgIpc) is 2.13. The van der Waals surface area contributed by atoms with Gasteiger partial charge in [0.05, 0.1) is 5.60 Å². The van der Waals surface area contributed by atoms with Crippen molar-refractivity contribution in [3.63, 3.8) is 0 Å². The lowest BCUT2D eigenvalue weighted by Crippen LogP contribution is -2.34. The molecule has 0 aromatic carbocycles. The summed E-state index contributed by atoms with van der Waals surface area (Å²) in [7, 11) is 0. The minimum Gasteiger partial charge on any atom is -0.366 e. The SMILES string of the molecule is CCC(N)CCNC(=O)COC(C)(C)C. The first-order valence-corrected chi connectivity index (χ1v) is 5.51. The lowest BCUT2D eigenvalue weighted by atomic mass is 10.2. The van der Waals surface area contributed by atoms with Crippen LogP contribution in [-0.4, -0.2) is 30.7 Å². The molecule has 15 heavy (non-hydrogen) atoms. The fraction of sp³-hybridized carbons (Fsp3) is 0.909. The van der Waals surface area contributed by atoms with Crippen molar-refractivity contribution in [2.45, 2.75) is 52.2 Å². The second-order valence-electron chi connectivity index (χ2n) is 4.71. The fourth-order valence-corrected chi connectivity index (χ4v) is 0.934. The van der Waals surface area contributed by atoms with E-state index in [0.29, 0.717) is 6.54 Å². The third kappa shape index (κ3) is 9.69. The van der Waals surface area contributed by atoms with Gasteiger partial charge in [-0.2, -0.15) is 0 Å². The third-order valence-corrected chi connectivity index (χ3v) is 2.00. The topological polar surface area (TPSA) is 64.3 Å². The molecule has 0 fully saturated rings. The van der Waals surface area contributed by atoms with Crippen molar-refractivity contribution in [1.82, 2.24) is 5.32 Å². The molecule has 1 atom stereocenters. The van der Waals surface area contributed by atoms with Crippen LogP contribution >= 0.6 is 0 Å². The Hall–Kier alpha value is -0.610. The van der Waals surface area contributed by atoms with Gasteiger partial charge >= 0.3 is 0 Å². The lowest BCUT2D eigenvalue weighted by Gasteiger charge is -2.19. The van der Waals surface area contributed by atoms with Gasteiger partial charge < -0.3 is 15.8 Å². The number of amides is 1. The van der Waals surface area contributed by atoms with Crippen LogP contribution in [0.25, 0.3) is 0 Å². The molecule has 0 heterocycles. The number of carbonyl (C=O) groups excluding carboxylic acids is 1. The van der Waals surface area contributed by atoms with Crippen molar-refractivity contribution in [2.75, 3.05) is 13.2 Å². The van der Waals surface area contributed by atoms with E-state index in [4.69, 9.17) is 10.5 Å². The zero-order valence-electron chi connectivity index (χ0n) is 10.3. The summed E-state index contributed by atoms with van der Waals surface area (Å²) in [5.74, 6) is -0.0757. The van der Waals surface area contributed by atoms with E-state index in [9.17, 15) is 4.79 Å². The van der Waals surface area contributed by atoms with E-state index >= 15 is 0 Å². The molecule has 1 amide bonds. The predicted molar refractivity (Wildman–Crippen MR) is 61.6 cm³/mol. The minimum atomic E-state index is -0.267. The Balaban J connectivity index is 3.50. The third-order valence-electron chi connectivity index (χ3n) is 2.00. The van der Waals surface area contributed by atoms with E-state index < -0.39 is 0 Å². The Kier molecular flexibility index (Phi) is 6.52. The molecular weight excluding hydrogens is 192 g/mol. The molecule has 0 radical (unpaired) electrons. The molecule has 4 nitrogen and oxygen atoms in total. The second-order valence-corrected chi connectivity index (χ2v) is 4.71. The van der Waals surface area contributed by atoms with Crippen LogP contribution in [-0.2, 0) is 9.53 Å². The first kappa shape index (κ1) is 14.4. The number of nitrogens with one attached hydrogen (secondary N) is 1. The van der Waals surface area contributed by atoms with E-state index in [0.717, 1.165) is 12.8 Å². The summed E-state index contributed by atoms with van der Waals surface area (Å²) < 4.78 is 5.33. The van der Waals surface area contributed by atoms with Crippen LogP contribution in [0.2, 0.25) is 0 Å². The summed E-state index contributed by atoms with van der Waals surface area (Å²) in [6.07, 6.45) is 1.76. The molecule has 0 aliphatic rings.